The van der Waals surface area contributed by atoms with Gasteiger partial charge >= 0.3 is 5.97 Å². The summed E-state index contributed by atoms with van der Waals surface area (Å²) >= 11 is 6.25. The molecule has 0 saturated carbocycles. The molecule has 2 heterocycles. The van der Waals surface area contributed by atoms with Gasteiger partial charge in [0.2, 0.25) is 0 Å². The van der Waals surface area contributed by atoms with Gasteiger partial charge in [-0.25, -0.2) is 13.9 Å². The van der Waals surface area contributed by atoms with Crippen molar-refractivity contribution in [1.29, 1.82) is 0 Å². The number of nitrogens with one attached hydrogen (secondary N) is 1. The van der Waals surface area contributed by atoms with E-state index in [4.69, 9.17) is 21.1 Å². The number of nitrogens with zero attached hydrogens (tertiary/aromatic N) is 2. The van der Waals surface area contributed by atoms with E-state index < -0.39 is 24.3 Å². The Morgan fingerprint density at radius 3 is 2.81 bits per heavy atom. The summed E-state index contributed by atoms with van der Waals surface area (Å²) in [7, 11) is 0. The molecule has 0 unspecified atom stereocenters. The number of benzene rings is 1. The molecular formula is C18H19ClFN3O4. The summed E-state index contributed by atoms with van der Waals surface area (Å²) < 4.78 is 24.8. The molecule has 0 spiro atoms. The topological polar surface area (TPSA) is 82.5 Å². The molecule has 3 rings (SSSR count). The standard InChI is InChI=1S/C18H19ClFN3O4/c1-11-16(17(19)23(22-11)13-6-4-12(20)5-7-13)18(25)27-10-15(24)21-9-14-3-2-8-26-14/h4-7,14H,2-3,8-10H2,1H3,(H,21,24)/t14-/m1/s1. The van der Waals surface area contributed by atoms with Crippen molar-refractivity contribution in [3.63, 3.8) is 0 Å². The fraction of sp³-hybridized carbons (Fsp3) is 0.389. The van der Waals surface area contributed by atoms with Crippen LogP contribution in [0.2, 0.25) is 5.15 Å². The lowest BCUT2D eigenvalue weighted by Crippen LogP contribution is -2.34. The monoisotopic (exact) mass is 395 g/mol. The Balaban J connectivity index is 1.61. The molecule has 1 saturated heterocycles. The number of halogens is 2. The molecule has 0 radical (unpaired) electrons. The number of ether oxygens (including phenoxy) is 2. The number of amides is 1. The minimum absolute atomic E-state index is 0.00952. The van der Waals surface area contributed by atoms with E-state index in [0.717, 1.165) is 12.8 Å². The van der Waals surface area contributed by atoms with Crippen molar-refractivity contribution in [2.75, 3.05) is 19.8 Å². The lowest BCUT2D eigenvalue weighted by molar-refractivity contribution is -0.124. The Morgan fingerprint density at radius 1 is 1.41 bits per heavy atom. The molecule has 1 aromatic carbocycles. The Bertz CT molecular complexity index is 832. The van der Waals surface area contributed by atoms with Gasteiger partial charge in [-0.05, 0) is 44.0 Å². The first-order valence-electron chi connectivity index (χ1n) is 8.52. The third kappa shape index (κ3) is 4.64. The molecule has 1 aromatic heterocycles. The molecule has 27 heavy (non-hydrogen) atoms. The number of carbonyl (C=O) groups excluding carboxylic acids is 2. The molecule has 1 N–H and O–H groups in total. The van der Waals surface area contributed by atoms with E-state index in [1.807, 2.05) is 0 Å². The van der Waals surface area contributed by atoms with E-state index in [9.17, 15) is 14.0 Å². The van der Waals surface area contributed by atoms with Crippen LogP contribution in [0.5, 0.6) is 0 Å². The van der Waals surface area contributed by atoms with Gasteiger partial charge in [0.15, 0.2) is 6.61 Å². The molecule has 9 heteroatoms. The number of hydrogen-bond donors (Lipinski definition) is 1. The van der Waals surface area contributed by atoms with Crippen molar-refractivity contribution < 1.29 is 23.5 Å². The van der Waals surface area contributed by atoms with Crippen LogP contribution >= 0.6 is 11.6 Å². The zero-order valence-corrected chi connectivity index (χ0v) is 15.5. The smallest absolute Gasteiger partial charge is 0.343 e. The van der Waals surface area contributed by atoms with Crippen LogP contribution < -0.4 is 5.32 Å². The average molecular weight is 396 g/mol. The van der Waals surface area contributed by atoms with Crippen molar-refractivity contribution in [2.45, 2.75) is 25.9 Å². The second-order valence-electron chi connectivity index (χ2n) is 6.15. The summed E-state index contributed by atoms with van der Waals surface area (Å²) in [6.45, 7) is 2.26. The van der Waals surface area contributed by atoms with Gasteiger partial charge in [-0.2, -0.15) is 5.10 Å². The van der Waals surface area contributed by atoms with E-state index in [1.54, 1.807) is 6.92 Å². The van der Waals surface area contributed by atoms with Crippen molar-refractivity contribution >= 4 is 23.5 Å². The van der Waals surface area contributed by atoms with Crippen LogP contribution in [-0.4, -0.2) is 47.5 Å². The molecular weight excluding hydrogens is 377 g/mol. The van der Waals surface area contributed by atoms with E-state index in [2.05, 4.69) is 10.4 Å². The van der Waals surface area contributed by atoms with Crippen LogP contribution in [0.25, 0.3) is 5.69 Å². The highest BCUT2D eigenvalue weighted by atomic mass is 35.5. The molecule has 7 nitrogen and oxygen atoms in total. The minimum atomic E-state index is -0.752. The largest absolute Gasteiger partial charge is 0.452 e. The number of carbonyl (C=O) groups is 2. The lowest BCUT2D eigenvalue weighted by atomic mass is 10.2. The SMILES string of the molecule is Cc1nn(-c2ccc(F)cc2)c(Cl)c1C(=O)OCC(=O)NC[C@H]1CCCO1. The fourth-order valence-corrected chi connectivity index (χ4v) is 3.12. The molecule has 0 aliphatic carbocycles. The molecule has 144 valence electrons. The van der Waals surface area contributed by atoms with Gasteiger partial charge in [0.05, 0.1) is 17.5 Å². The molecule has 1 amide bonds. The molecule has 1 atom stereocenters. The first-order chi connectivity index (χ1) is 13.0. The highest BCUT2D eigenvalue weighted by Gasteiger charge is 2.23. The predicted octanol–water partition coefficient (Wildman–Crippen LogP) is 2.43. The summed E-state index contributed by atoms with van der Waals surface area (Å²) in [6, 6.07) is 5.50. The zero-order valence-electron chi connectivity index (χ0n) is 14.7. The van der Waals surface area contributed by atoms with Crippen LogP contribution in [0.15, 0.2) is 24.3 Å². The van der Waals surface area contributed by atoms with Crippen LogP contribution in [0, 0.1) is 12.7 Å². The zero-order chi connectivity index (χ0) is 19.4. The van der Waals surface area contributed by atoms with E-state index in [0.29, 0.717) is 24.5 Å². The first-order valence-corrected chi connectivity index (χ1v) is 8.90. The number of aromatic nitrogens is 2. The molecule has 1 fully saturated rings. The van der Waals surface area contributed by atoms with E-state index in [-0.39, 0.29) is 16.8 Å². The van der Waals surface area contributed by atoms with Gasteiger partial charge in [0, 0.05) is 13.2 Å². The van der Waals surface area contributed by atoms with Crippen molar-refractivity contribution in [2.24, 2.45) is 0 Å². The van der Waals surface area contributed by atoms with Crippen LogP contribution in [-0.2, 0) is 14.3 Å². The van der Waals surface area contributed by atoms with Gasteiger partial charge in [-0.15, -0.1) is 0 Å². The average Bonchev–Trinajstić information content (AvgIpc) is 3.26. The molecule has 0 bridgehead atoms. The van der Waals surface area contributed by atoms with E-state index in [1.165, 1.54) is 28.9 Å². The van der Waals surface area contributed by atoms with Gasteiger partial charge in [-0.3, -0.25) is 4.79 Å². The van der Waals surface area contributed by atoms with Crippen LogP contribution in [0.1, 0.15) is 28.9 Å². The Labute approximate surface area is 160 Å². The van der Waals surface area contributed by atoms with E-state index >= 15 is 0 Å². The summed E-state index contributed by atoms with van der Waals surface area (Å²) in [5, 5.41) is 6.89. The maximum Gasteiger partial charge on any atom is 0.343 e. The summed E-state index contributed by atoms with van der Waals surface area (Å²) in [6.07, 6.45) is 1.89. The maximum absolute atomic E-state index is 13.1. The van der Waals surface area contributed by atoms with Crippen molar-refractivity contribution in [3.05, 3.63) is 46.5 Å². The third-order valence-corrected chi connectivity index (χ3v) is 4.51. The third-order valence-electron chi connectivity index (χ3n) is 4.16. The van der Waals surface area contributed by atoms with Crippen LogP contribution in [0.4, 0.5) is 4.39 Å². The number of esters is 1. The van der Waals surface area contributed by atoms with Crippen molar-refractivity contribution in [1.82, 2.24) is 15.1 Å². The van der Waals surface area contributed by atoms with Crippen molar-refractivity contribution in [3.8, 4) is 5.69 Å². The van der Waals surface area contributed by atoms with Gasteiger partial charge in [-0.1, -0.05) is 11.6 Å². The Morgan fingerprint density at radius 2 is 2.15 bits per heavy atom. The predicted molar refractivity (Wildman–Crippen MR) is 95.5 cm³/mol. The maximum atomic E-state index is 13.1. The Hall–Kier alpha value is -2.45. The minimum Gasteiger partial charge on any atom is -0.452 e. The quantitative estimate of drug-likeness (QED) is 0.759. The van der Waals surface area contributed by atoms with Gasteiger partial charge in [0.1, 0.15) is 16.5 Å². The molecule has 2 aromatic rings. The first kappa shape index (κ1) is 19.3. The van der Waals surface area contributed by atoms with Crippen LogP contribution in [0.3, 0.4) is 0 Å². The second kappa shape index (κ2) is 8.49. The molecule has 1 aliphatic heterocycles. The lowest BCUT2D eigenvalue weighted by Gasteiger charge is -2.11. The number of rotatable bonds is 6. The highest BCUT2D eigenvalue weighted by Crippen LogP contribution is 2.24. The molecule has 1 aliphatic rings. The van der Waals surface area contributed by atoms with Gasteiger partial charge in [0.25, 0.3) is 5.91 Å². The number of aryl methyl sites for hydroxylation is 1. The summed E-state index contributed by atoms with van der Waals surface area (Å²) in [5.74, 6) is -1.57. The number of hydrogen-bond acceptors (Lipinski definition) is 5. The normalized spacial score (nSPS) is 16.3. The second-order valence-corrected chi connectivity index (χ2v) is 6.51. The Kier molecular flexibility index (Phi) is 6.08. The fourth-order valence-electron chi connectivity index (χ4n) is 2.77. The highest BCUT2D eigenvalue weighted by molar-refractivity contribution is 6.33. The summed E-state index contributed by atoms with van der Waals surface area (Å²) in [4.78, 5) is 24.2. The van der Waals surface area contributed by atoms with Gasteiger partial charge < -0.3 is 14.8 Å². The summed E-state index contributed by atoms with van der Waals surface area (Å²) in [5.41, 5.74) is 0.903.